The first-order chi connectivity index (χ1) is 10.3. The number of nitrogens with one attached hydrogen (secondary N) is 2. The molecule has 2 N–H and O–H groups in total. The normalized spacial score (nSPS) is 21.3. The summed E-state index contributed by atoms with van der Waals surface area (Å²) >= 11 is 0. The van der Waals surface area contributed by atoms with Gasteiger partial charge in [-0.15, -0.1) is 0 Å². The molecule has 2 aliphatic carbocycles. The minimum atomic E-state index is 0.290. The number of benzene rings is 1. The molecule has 0 unspecified atom stereocenters. The van der Waals surface area contributed by atoms with E-state index in [4.69, 9.17) is 0 Å². The highest BCUT2D eigenvalue weighted by Crippen LogP contribution is 2.40. The molecule has 0 heterocycles. The summed E-state index contributed by atoms with van der Waals surface area (Å²) < 4.78 is 0. The molecule has 0 aliphatic heterocycles. The van der Waals surface area contributed by atoms with Crippen LogP contribution in [0.25, 0.3) is 0 Å². The molecular formula is C18H27N3. The monoisotopic (exact) mass is 285 g/mol. The third-order valence-corrected chi connectivity index (χ3v) is 5.02. The van der Waals surface area contributed by atoms with Crippen molar-refractivity contribution in [3.63, 3.8) is 0 Å². The van der Waals surface area contributed by atoms with Gasteiger partial charge in [-0.05, 0) is 37.2 Å². The predicted octanol–water partition coefficient (Wildman–Crippen LogP) is 3.07. The van der Waals surface area contributed by atoms with Crippen LogP contribution in [0.2, 0.25) is 0 Å². The van der Waals surface area contributed by atoms with E-state index in [9.17, 15) is 0 Å². The average Bonchev–Trinajstić information content (AvgIpc) is 3.24. The summed E-state index contributed by atoms with van der Waals surface area (Å²) in [5.74, 6) is 1.84. The Morgan fingerprint density at radius 2 is 1.86 bits per heavy atom. The van der Waals surface area contributed by atoms with Gasteiger partial charge in [-0.2, -0.15) is 0 Å². The van der Waals surface area contributed by atoms with Gasteiger partial charge >= 0.3 is 0 Å². The summed E-state index contributed by atoms with van der Waals surface area (Å²) in [5.41, 5.74) is 1.77. The lowest BCUT2D eigenvalue weighted by Gasteiger charge is -2.30. The van der Waals surface area contributed by atoms with Crippen molar-refractivity contribution in [2.24, 2.45) is 10.9 Å². The van der Waals surface area contributed by atoms with Gasteiger partial charge in [0.1, 0.15) is 0 Å². The summed E-state index contributed by atoms with van der Waals surface area (Å²) in [6.07, 6.45) is 7.98. The van der Waals surface area contributed by atoms with Crippen molar-refractivity contribution in [2.45, 2.75) is 43.9 Å². The van der Waals surface area contributed by atoms with Crippen molar-refractivity contribution >= 4 is 5.96 Å². The first-order valence-corrected chi connectivity index (χ1v) is 8.32. The van der Waals surface area contributed by atoms with Gasteiger partial charge in [0.15, 0.2) is 5.96 Å². The lowest BCUT2D eigenvalue weighted by Crippen LogP contribution is -2.45. The Morgan fingerprint density at radius 1 is 1.14 bits per heavy atom. The molecule has 114 valence electrons. The smallest absolute Gasteiger partial charge is 0.191 e. The molecule has 2 saturated carbocycles. The Hall–Kier alpha value is -1.51. The van der Waals surface area contributed by atoms with E-state index < -0.39 is 0 Å². The van der Waals surface area contributed by atoms with Crippen LogP contribution in [0.3, 0.4) is 0 Å². The van der Waals surface area contributed by atoms with Crippen LogP contribution in [0, 0.1) is 5.92 Å². The van der Waals surface area contributed by atoms with E-state index in [-0.39, 0.29) is 0 Å². The Labute approximate surface area is 128 Å². The van der Waals surface area contributed by atoms with Crippen LogP contribution < -0.4 is 10.6 Å². The predicted molar refractivity (Wildman–Crippen MR) is 88.7 cm³/mol. The molecule has 0 atom stereocenters. The van der Waals surface area contributed by atoms with E-state index in [1.165, 1.54) is 44.1 Å². The molecule has 1 aromatic rings. The van der Waals surface area contributed by atoms with E-state index in [0.29, 0.717) is 5.41 Å². The van der Waals surface area contributed by atoms with Crippen LogP contribution in [-0.4, -0.2) is 26.1 Å². The molecule has 0 radical (unpaired) electrons. The van der Waals surface area contributed by atoms with Crippen molar-refractivity contribution in [3.8, 4) is 0 Å². The van der Waals surface area contributed by atoms with Crippen LogP contribution in [0.4, 0.5) is 0 Å². The number of nitrogens with zero attached hydrogens (tertiary/aromatic N) is 1. The zero-order valence-electron chi connectivity index (χ0n) is 13.1. The maximum atomic E-state index is 4.37. The van der Waals surface area contributed by atoms with E-state index in [1.54, 1.807) is 0 Å². The number of guanidine groups is 1. The fourth-order valence-corrected chi connectivity index (χ4v) is 3.45. The number of rotatable bonds is 5. The largest absolute Gasteiger partial charge is 0.356 e. The molecule has 0 amide bonds. The number of hydrogen-bond donors (Lipinski definition) is 2. The Bertz CT molecular complexity index is 470. The lowest BCUT2D eigenvalue weighted by atomic mass is 9.79. The van der Waals surface area contributed by atoms with Gasteiger partial charge in [-0.25, -0.2) is 0 Å². The summed E-state index contributed by atoms with van der Waals surface area (Å²) in [7, 11) is 1.87. The second kappa shape index (κ2) is 6.50. The standard InChI is InChI=1S/C18H27N3/c1-19-17(20-13-15-9-10-15)21-14-18(11-5-6-12-18)16-7-3-2-4-8-16/h2-4,7-8,15H,5-6,9-14H2,1H3,(H2,19,20,21). The van der Waals surface area contributed by atoms with E-state index in [1.807, 2.05) is 7.05 Å². The van der Waals surface area contributed by atoms with Crippen LogP contribution in [0.1, 0.15) is 44.1 Å². The third-order valence-electron chi connectivity index (χ3n) is 5.02. The van der Waals surface area contributed by atoms with Crippen LogP contribution in [-0.2, 0) is 5.41 Å². The molecule has 21 heavy (non-hydrogen) atoms. The molecule has 3 nitrogen and oxygen atoms in total. The topological polar surface area (TPSA) is 36.4 Å². The molecule has 3 rings (SSSR count). The Balaban J connectivity index is 1.62. The minimum Gasteiger partial charge on any atom is -0.356 e. The SMILES string of the molecule is CN=C(NCC1CC1)NCC1(c2ccccc2)CCCC1. The van der Waals surface area contributed by atoms with E-state index in [0.717, 1.165) is 25.0 Å². The average molecular weight is 285 g/mol. The van der Waals surface area contributed by atoms with Gasteiger partial charge in [-0.1, -0.05) is 43.2 Å². The zero-order valence-corrected chi connectivity index (χ0v) is 13.1. The number of aliphatic imine (C=N–C) groups is 1. The third kappa shape index (κ3) is 3.58. The van der Waals surface area contributed by atoms with Gasteiger partial charge in [-0.3, -0.25) is 4.99 Å². The fraction of sp³-hybridized carbons (Fsp3) is 0.611. The van der Waals surface area contributed by atoms with Crippen molar-refractivity contribution in [2.75, 3.05) is 20.1 Å². The van der Waals surface area contributed by atoms with Crippen molar-refractivity contribution in [1.82, 2.24) is 10.6 Å². The second-order valence-electron chi connectivity index (χ2n) is 6.60. The molecule has 0 aromatic heterocycles. The number of hydrogen-bond acceptors (Lipinski definition) is 1. The first-order valence-electron chi connectivity index (χ1n) is 8.32. The van der Waals surface area contributed by atoms with Gasteiger partial charge in [0, 0.05) is 25.6 Å². The summed E-state index contributed by atoms with van der Waals surface area (Å²) in [4.78, 5) is 4.37. The molecular weight excluding hydrogens is 258 g/mol. The fourth-order valence-electron chi connectivity index (χ4n) is 3.45. The summed E-state index contributed by atoms with van der Waals surface area (Å²) in [5, 5.41) is 7.04. The second-order valence-corrected chi connectivity index (χ2v) is 6.60. The summed E-state index contributed by atoms with van der Waals surface area (Å²) in [6, 6.07) is 11.0. The molecule has 3 heteroatoms. The van der Waals surface area contributed by atoms with E-state index in [2.05, 4.69) is 46.0 Å². The molecule has 2 fully saturated rings. The van der Waals surface area contributed by atoms with Gasteiger partial charge in [0.2, 0.25) is 0 Å². The molecule has 2 aliphatic rings. The van der Waals surface area contributed by atoms with Crippen LogP contribution >= 0.6 is 0 Å². The maximum absolute atomic E-state index is 4.37. The van der Waals surface area contributed by atoms with Gasteiger partial charge in [0.05, 0.1) is 0 Å². The maximum Gasteiger partial charge on any atom is 0.191 e. The molecule has 0 bridgehead atoms. The van der Waals surface area contributed by atoms with Crippen molar-refractivity contribution < 1.29 is 0 Å². The Morgan fingerprint density at radius 3 is 2.48 bits per heavy atom. The van der Waals surface area contributed by atoms with E-state index >= 15 is 0 Å². The van der Waals surface area contributed by atoms with Crippen LogP contribution in [0.5, 0.6) is 0 Å². The Kier molecular flexibility index (Phi) is 4.47. The molecule has 0 saturated heterocycles. The highest BCUT2D eigenvalue weighted by atomic mass is 15.2. The minimum absolute atomic E-state index is 0.290. The zero-order chi connectivity index (χ0) is 14.5. The van der Waals surface area contributed by atoms with Crippen molar-refractivity contribution in [3.05, 3.63) is 35.9 Å². The highest BCUT2D eigenvalue weighted by molar-refractivity contribution is 5.79. The first kappa shape index (κ1) is 14.4. The van der Waals surface area contributed by atoms with Crippen LogP contribution in [0.15, 0.2) is 35.3 Å². The van der Waals surface area contributed by atoms with Gasteiger partial charge in [0.25, 0.3) is 0 Å². The quantitative estimate of drug-likeness (QED) is 0.644. The molecule has 1 aromatic carbocycles. The molecule has 0 spiro atoms. The van der Waals surface area contributed by atoms with Crippen molar-refractivity contribution in [1.29, 1.82) is 0 Å². The highest BCUT2D eigenvalue weighted by Gasteiger charge is 2.35. The summed E-state index contributed by atoms with van der Waals surface area (Å²) in [6.45, 7) is 2.05. The lowest BCUT2D eigenvalue weighted by molar-refractivity contribution is 0.431. The van der Waals surface area contributed by atoms with Gasteiger partial charge < -0.3 is 10.6 Å².